The fourth-order valence-corrected chi connectivity index (χ4v) is 1.50. The molecule has 1 amide bonds. The molecule has 2 unspecified atom stereocenters. The predicted molar refractivity (Wildman–Crippen MR) is 50.4 cm³/mol. The molecule has 0 aromatic heterocycles. The molecule has 0 aromatic rings. The summed E-state index contributed by atoms with van der Waals surface area (Å²) in [5, 5.41) is 2.68. The first-order valence-electron chi connectivity index (χ1n) is 4.80. The van der Waals surface area contributed by atoms with E-state index < -0.39 is 0 Å². The number of alkyl carbamates (subject to hydrolysis) is 1. The van der Waals surface area contributed by atoms with Crippen LogP contribution < -0.4 is 11.1 Å². The average molecular weight is 186 g/mol. The Kier molecular flexibility index (Phi) is 3.54. The molecule has 0 radical (unpaired) electrons. The number of carbonyl (C=O) groups is 1. The van der Waals surface area contributed by atoms with E-state index in [1.807, 2.05) is 13.8 Å². The number of nitrogens with one attached hydrogen (secondary N) is 1. The molecule has 1 rings (SSSR count). The third kappa shape index (κ3) is 3.63. The van der Waals surface area contributed by atoms with Gasteiger partial charge >= 0.3 is 6.09 Å². The van der Waals surface area contributed by atoms with E-state index >= 15 is 0 Å². The monoisotopic (exact) mass is 186 g/mol. The Bertz CT molecular complexity index is 182. The van der Waals surface area contributed by atoms with Gasteiger partial charge in [0.2, 0.25) is 0 Å². The van der Waals surface area contributed by atoms with Gasteiger partial charge in [0.1, 0.15) is 6.10 Å². The number of carbonyl (C=O) groups excluding carboxylic acids is 1. The Labute approximate surface area is 78.8 Å². The zero-order chi connectivity index (χ0) is 9.84. The van der Waals surface area contributed by atoms with Crippen LogP contribution in [0.3, 0.4) is 0 Å². The Morgan fingerprint density at radius 2 is 2.23 bits per heavy atom. The minimum atomic E-state index is -0.325. The Morgan fingerprint density at radius 1 is 1.54 bits per heavy atom. The van der Waals surface area contributed by atoms with Crippen molar-refractivity contribution in [1.29, 1.82) is 0 Å². The lowest BCUT2D eigenvalue weighted by atomic mass is 10.3. The quantitative estimate of drug-likeness (QED) is 0.676. The molecule has 4 heteroatoms. The van der Waals surface area contributed by atoms with Crippen molar-refractivity contribution in [3.63, 3.8) is 0 Å². The molecule has 1 aliphatic carbocycles. The van der Waals surface area contributed by atoms with Gasteiger partial charge < -0.3 is 15.8 Å². The van der Waals surface area contributed by atoms with Crippen LogP contribution in [0, 0.1) is 0 Å². The summed E-state index contributed by atoms with van der Waals surface area (Å²) in [5.41, 5.74) is 5.69. The number of ether oxygens (including phenoxy) is 1. The van der Waals surface area contributed by atoms with Gasteiger partial charge in [0.05, 0.1) is 0 Å². The first-order valence-corrected chi connectivity index (χ1v) is 4.80. The zero-order valence-electron chi connectivity index (χ0n) is 8.25. The molecule has 0 aromatic carbocycles. The molecule has 0 aliphatic heterocycles. The lowest BCUT2D eigenvalue weighted by Crippen LogP contribution is -2.33. The fourth-order valence-electron chi connectivity index (χ4n) is 1.50. The average Bonchev–Trinajstić information content (AvgIpc) is 2.33. The highest BCUT2D eigenvalue weighted by Gasteiger charge is 2.24. The van der Waals surface area contributed by atoms with Gasteiger partial charge in [0.25, 0.3) is 0 Å². The van der Waals surface area contributed by atoms with Gasteiger partial charge in [-0.25, -0.2) is 4.79 Å². The second-order valence-corrected chi connectivity index (χ2v) is 3.90. The number of hydrogen-bond acceptors (Lipinski definition) is 3. The second kappa shape index (κ2) is 4.46. The molecule has 13 heavy (non-hydrogen) atoms. The van der Waals surface area contributed by atoms with Gasteiger partial charge in [-0.3, -0.25) is 0 Å². The molecule has 0 heterocycles. The first-order chi connectivity index (χ1) is 6.08. The number of hydrogen-bond donors (Lipinski definition) is 2. The SMILES string of the molecule is CC(C)NC(=O)OC1CCC(N)C1. The van der Waals surface area contributed by atoms with Gasteiger partial charge in [0.15, 0.2) is 0 Å². The van der Waals surface area contributed by atoms with E-state index in [0.717, 1.165) is 19.3 Å². The highest BCUT2D eigenvalue weighted by molar-refractivity contribution is 5.67. The van der Waals surface area contributed by atoms with Crippen LogP contribution in [0.4, 0.5) is 4.79 Å². The van der Waals surface area contributed by atoms with Gasteiger partial charge in [-0.2, -0.15) is 0 Å². The van der Waals surface area contributed by atoms with Crippen molar-refractivity contribution in [2.45, 2.75) is 51.3 Å². The minimum absolute atomic E-state index is 0.0220. The smallest absolute Gasteiger partial charge is 0.407 e. The fraction of sp³-hybridized carbons (Fsp3) is 0.889. The maximum Gasteiger partial charge on any atom is 0.407 e. The molecule has 2 atom stereocenters. The Balaban J connectivity index is 2.21. The third-order valence-electron chi connectivity index (χ3n) is 2.11. The molecule has 1 saturated carbocycles. The topological polar surface area (TPSA) is 64.3 Å². The summed E-state index contributed by atoms with van der Waals surface area (Å²) in [6.07, 6.45) is 2.35. The van der Waals surface area contributed by atoms with Crippen molar-refractivity contribution in [2.24, 2.45) is 5.73 Å². The maximum atomic E-state index is 11.1. The zero-order valence-corrected chi connectivity index (χ0v) is 8.25. The molecule has 0 spiro atoms. The molecule has 0 saturated heterocycles. The minimum Gasteiger partial charge on any atom is -0.446 e. The summed E-state index contributed by atoms with van der Waals surface area (Å²) in [6.45, 7) is 3.81. The summed E-state index contributed by atoms with van der Waals surface area (Å²) in [7, 11) is 0. The molecule has 76 valence electrons. The Morgan fingerprint density at radius 3 is 2.69 bits per heavy atom. The van der Waals surface area contributed by atoms with Gasteiger partial charge in [0, 0.05) is 12.1 Å². The molecular formula is C9H18N2O2. The molecule has 0 bridgehead atoms. The summed E-state index contributed by atoms with van der Waals surface area (Å²) in [4.78, 5) is 11.1. The molecular weight excluding hydrogens is 168 g/mol. The number of nitrogens with two attached hydrogens (primary N) is 1. The standard InChI is InChI=1S/C9H18N2O2/c1-6(2)11-9(12)13-8-4-3-7(10)5-8/h6-8H,3-5,10H2,1-2H3,(H,11,12). The van der Waals surface area contributed by atoms with Crippen molar-refractivity contribution < 1.29 is 9.53 Å². The van der Waals surface area contributed by atoms with Crippen molar-refractivity contribution in [1.82, 2.24) is 5.32 Å². The van der Waals surface area contributed by atoms with Crippen molar-refractivity contribution >= 4 is 6.09 Å². The maximum absolute atomic E-state index is 11.1. The molecule has 3 N–H and O–H groups in total. The van der Waals surface area contributed by atoms with Gasteiger partial charge in [-0.15, -0.1) is 0 Å². The van der Waals surface area contributed by atoms with Crippen LogP contribution in [0.1, 0.15) is 33.1 Å². The van der Waals surface area contributed by atoms with E-state index in [1.165, 1.54) is 0 Å². The highest BCUT2D eigenvalue weighted by Crippen LogP contribution is 2.20. The lowest BCUT2D eigenvalue weighted by Gasteiger charge is -2.14. The van der Waals surface area contributed by atoms with Crippen molar-refractivity contribution in [3.8, 4) is 0 Å². The van der Waals surface area contributed by atoms with Crippen molar-refractivity contribution in [2.75, 3.05) is 0 Å². The molecule has 4 nitrogen and oxygen atoms in total. The summed E-state index contributed by atoms with van der Waals surface area (Å²) in [6, 6.07) is 0.333. The number of rotatable bonds is 2. The largest absolute Gasteiger partial charge is 0.446 e. The summed E-state index contributed by atoms with van der Waals surface area (Å²) in [5.74, 6) is 0. The van der Waals surface area contributed by atoms with Crippen LogP contribution in [-0.4, -0.2) is 24.3 Å². The van der Waals surface area contributed by atoms with E-state index in [4.69, 9.17) is 10.5 Å². The van der Waals surface area contributed by atoms with Crippen LogP contribution in [0.15, 0.2) is 0 Å². The second-order valence-electron chi connectivity index (χ2n) is 3.90. The van der Waals surface area contributed by atoms with E-state index in [9.17, 15) is 4.79 Å². The van der Waals surface area contributed by atoms with Crippen molar-refractivity contribution in [3.05, 3.63) is 0 Å². The predicted octanol–water partition coefficient (Wildman–Crippen LogP) is 1.00. The van der Waals surface area contributed by atoms with Crippen LogP contribution in [0.2, 0.25) is 0 Å². The lowest BCUT2D eigenvalue weighted by molar-refractivity contribution is 0.0983. The number of amides is 1. The van der Waals surface area contributed by atoms with E-state index in [2.05, 4.69) is 5.32 Å². The van der Waals surface area contributed by atoms with E-state index in [1.54, 1.807) is 0 Å². The van der Waals surface area contributed by atoms with E-state index in [0.29, 0.717) is 0 Å². The summed E-state index contributed by atoms with van der Waals surface area (Å²) >= 11 is 0. The molecule has 1 fully saturated rings. The first kappa shape index (κ1) is 10.3. The van der Waals surface area contributed by atoms with E-state index in [-0.39, 0.29) is 24.3 Å². The van der Waals surface area contributed by atoms with Crippen LogP contribution in [0.5, 0.6) is 0 Å². The van der Waals surface area contributed by atoms with Crippen LogP contribution >= 0.6 is 0 Å². The summed E-state index contributed by atoms with van der Waals surface area (Å²) < 4.78 is 5.16. The highest BCUT2D eigenvalue weighted by atomic mass is 16.6. The van der Waals surface area contributed by atoms with Gasteiger partial charge in [-0.1, -0.05) is 0 Å². The van der Waals surface area contributed by atoms with Gasteiger partial charge in [-0.05, 0) is 33.1 Å². The van der Waals surface area contributed by atoms with Crippen LogP contribution in [-0.2, 0) is 4.74 Å². The normalized spacial score (nSPS) is 27.7. The molecule has 1 aliphatic rings. The third-order valence-corrected chi connectivity index (χ3v) is 2.11. The van der Waals surface area contributed by atoms with Crippen LogP contribution in [0.25, 0.3) is 0 Å². The Hall–Kier alpha value is -0.770.